The number of ether oxygens (including phenoxy) is 2. The first-order valence-electron chi connectivity index (χ1n) is 10.0. The van der Waals surface area contributed by atoms with Gasteiger partial charge in [-0.15, -0.1) is 0 Å². The highest BCUT2D eigenvalue weighted by Crippen LogP contribution is 2.27. The molecule has 0 bridgehead atoms. The Morgan fingerprint density at radius 2 is 1.86 bits per heavy atom. The molecule has 7 nitrogen and oxygen atoms in total. The van der Waals surface area contributed by atoms with Gasteiger partial charge in [0, 0.05) is 19.6 Å². The molecule has 1 aromatic carbocycles. The second-order valence-electron chi connectivity index (χ2n) is 7.12. The van der Waals surface area contributed by atoms with Crippen molar-refractivity contribution in [2.45, 2.75) is 51.4 Å². The van der Waals surface area contributed by atoms with Gasteiger partial charge in [0.25, 0.3) is 0 Å². The molecule has 0 aliphatic carbocycles. The van der Waals surface area contributed by atoms with Gasteiger partial charge in [0.1, 0.15) is 0 Å². The van der Waals surface area contributed by atoms with Crippen LogP contribution in [-0.4, -0.2) is 56.4 Å². The number of likely N-dealkylation sites (N-methyl/N-ethyl adjacent to an activating group) is 1. The topological polar surface area (TPSA) is 73.7 Å². The Labute approximate surface area is 174 Å². The van der Waals surface area contributed by atoms with Gasteiger partial charge in [-0.3, -0.25) is 0 Å². The molecule has 162 valence electrons. The van der Waals surface area contributed by atoms with E-state index in [1.807, 2.05) is 29.8 Å². The highest BCUT2D eigenvalue weighted by molar-refractivity contribution is 7.91. The largest absolute Gasteiger partial charge is 0.493 e. The van der Waals surface area contributed by atoms with Crippen molar-refractivity contribution in [2.75, 3.05) is 33.6 Å². The number of hydrogen-bond acceptors (Lipinski definition) is 6. The summed E-state index contributed by atoms with van der Waals surface area (Å²) >= 11 is 0. The maximum Gasteiger partial charge on any atom is 0.227 e. The van der Waals surface area contributed by atoms with Gasteiger partial charge in [-0.2, -0.15) is 0 Å². The number of methoxy groups -OCH3 is 2. The summed E-state index contributed by atoms with van der Waals surface area (Å²) in [5, 5.41) is 0.191. The van der Waals surface area contributed by atoms with Gasteiger partial charge in [-0.05, 0) is 37.6 Å². The maximum absolute atomic E-state index is 12.4. The summed E-state index contributed by atoms with van der Waals surface area (Å²) in [4.78, 5) is 6.42. The van der Waals surface area contributed by atoms with Crippen molar-refractivity contribution in [1.82, 2.24) is 14.5 Å². The highest BCUT2D eigenvalue weighted by Gasteiger charge is 2.21. The summed E-state index contributed by atoms with van der Waals surface area (Å²) in [6, 6.07) is 5.94. The molecule has 0 atom stereocenters. The van der Waals surface area contributed by atoms with Crippen LogP contribution in [0.4, 0.5) is 0 Å². The van der Waals surface area contributed by atoms with E-state index in [1.54, 1.807) is 27.3 Å². The van der Waals surface area contributed by atoms with E-state index in [9.17, 15) is 8.42 Å². The molecule has 1 aromatic heterocycles. The van der Waals surface area contributed by atoms with Gasteiger partial charge in [-0.1, -0.05) is 26.3 Å². The first-order valence-corrected chi connectivity index (χ1v) is 11.7. The molecule has 0 aliphatic rings. The molecule has 0 radical (unpaired) electrons. The van der Waals surface area contributed by atoms with Crippen LogP contribution in [0.2, 0.25) is 0 Å². The van der Waals surface area contributed by atoms with Crippen molar-refractivity contribution in [2.24, 2.45) is 0 Å². The second-order valence-corrected chi connectivity index (χ2v) is 9.29. The van der Waals surface area contributed by atoms with Gasteiger partial charge >= 0.3 is 0 Å². The fourth-order valence-corrected chi connectivity index (χ4v) is 4.18. The smallest absolute Gasteiger partial charge is 0.227 e. The molecule has 2 aromatic rings. The lowest BCUT2D eigenvalue weighted by molar-refractivity contribution is 0.318. The number of hydrogen-bond donors (Lipinski definition) is 0. The minimum absolute atomic E-state index is 0.0602. The van der Waals surface area contributed by atoms with Crippen molar-refractivity contribution in [1.29, 1.82) is 0 Å². The van der Waals surface area contributed by atoms with E-state index in [0.29, 0.717) is 18.8 Å². The van der Waals surface area contributed by atoms with Crippen LogP contribution in [-0.2, 0) is 29.3 Å². The first kappa shape index (κ1) is 23.2. The lowest BCUT2D eigenvalue weighted by Crippen LogP contribution is -2.23. The van der Waals surface area contributed by atoms with E-state index in [-0.39, 0.29) is 10.9 Å². The monoisotopic (exact) mass is 423 g/mol. The molecule has 29 heavy (non-hydrogen) atoms. The highest BCUT2D eigenvalue weighted by atomic mass is 32.2. The van der Waals surface area contributed by atoms with Crippen LogP contribution < -0.4 is 9.47 Å². The zero-order chi connectivity index (χ0) is 21.4. The molecular formula is C21H33N3O4S. The summed E-state index contributed by atoms with van der Waals surface area (Å²) in [7, 11) is 1.95. The first-order chi connectivity index (χ1) is 13.9. The summed E-state index contributed by atoms with van der Waals surface area (Å²) in [6.07, 6.45) is 4.47. The fraction of sp³-hybridized carbons (Fsp3) is 0.571. The van der Waals surface area contributed by atoms with Crippen LogP contribution in [0.5, 0.6) is 11.5 Å². The molecule has 1 heterocycles. The van der Waals surface area contributed by atoms with Crippen LogP contribution >= 0.6 is 0 Å². The molecule has 0 unspecified atom stereocenters. The lowest BCUT2D eigenvalue weighted by Gasteiger charge is -2.19. The fourth-order valence-electron chi connectivity index (χ4n) is 3.16. The third-order valence-corrected chi connectivity index (χ3v) is 6.60. The standard InChI is InChI=1S/C21H33N3O4S/c1-6-8-12-24-18(15-22-21(24)29(25,26)7-2)16-23(3)13-11-17-9-10-19(27-4)20(14-17)28-5/h9-10,14-15H,6-8,11-13,16H2,1-5H3. The van der Waals surface area contributed by atoms with Crippen LogP contribution in [0.25, 0.3) is 0 Å². The second kappa shape index (κ2) is 10.6. The average molecular weight is 424 g/mol. The zero-order valence-corrected chi connectivity index (χ0v) is 19.0. The van der Waals surface area contributed by atoms with Crippen molar-refractivity contribution in [3.63, 3.8) is 0 Å². The number of rotatable bonds is 12. The molecule has 0 fully saturated rings. The predicted molar refractivity (Wildman–Crippen MR) is 114 cm³/mol. The molecule has 0 spiro atoms. The minimum atomic E-state index is -3.34. The van der Waals surface area contributed by atoms with E-state index in [2.05, 4.69) is 16.8 Å². The summed E-state index contributed by atoms with van der Waals surface area (Å²) < 4.78 is 37.3. The molecule has 8 heteroatoms. The molecule has 0 aliphatic heterocycles. The van der Waals surface area contributed by atoms with E-state index >= 15 is 0 Å². The Kier molecular flexibility index (Phi) is 8.52. The van der Waals surface area contributed by atoms with Crippen molar-refractivity contribution in [3.8, 4) is 11.5 Å². The van der Waals surface area contributed by atoms with Crippen molar-refractivity contribution >= 4 is 9.84 Å². The normalized spacial score (nSPS) is 11.8. The third-order valence-electron chi connectivity index (χ3n) is 4.96. The van der Waals surface area contributed by atoms with E-state index in [4.69, 9.17) is 9.47 Å². The average Bonchev–Trinajstić information content (AvgIpc) is 3.13. The molecule has 0 N–H and O–H groups in total. The predicted octanol–water partition coefficient (Wildman–Crippen LogP) is 3.17. The number of aromatic nitrogens is 2. The summed E-state index contributed by atoms with van der Waals surface area (Å²) in [6.45, 7) is 5.89. The Balaban J connectivity index is 2.09. The maximum atomic E-state index is 12.4. The Morgan fingerprint density at radius 3 is 2.48 bits per heavy atom. The number of nitrogens with zero attached hydrogens (tertiary/aromatic N) is 3. The van der Waals surface area contributed by atoms with Crippen LogP contribution in [0, 0.1) is 0 Å². The lowest BCUT2D eigenvalue weighted by atomic mass is 10.1. The molecule has 0 saturated heterocycles. The zero-order valence-electron chi connectivity index (χ0n) is 18.1. The van der Waals surface area contributed by atoms with E-state index < -0.39 is 9.84 Å². The van der Waals surface area contributed by atoms with Gasteiger partial charge in [0.15, 0.2) is 11.5 Å². The van der Waals surface area contributed by atoms with Gasteiger partial charge in [0.05, 0.1) is 31.9 Å². The van der Waals surface area contributed by atoms with Crippen molar-refractivity contribution in [3.05, 3.63) is 35.7 Å². The van der Waals surface area contributed by atoms with Gasteiger partial charge in [-0.25, -0.2) is 13.4 Å². The number of benzene rings is 1. The summed E-state index contributed by atoms with van der Waals surface area (Å²) in [5.74, 6) is 1.50. The van der Waals surface area contributed by atoms with E-state index in [1.165, 1.54) is 0 Å². The van der Waals surface area contributed by atoms with Crippen LogP contribution in [0.1, 0.15) is 37.9 Å². The molecule has 0 saturated carbocycles. The number of imidazole rings is 1. The van der Waals surface area contributed by atoms with Crippen LogP contribution in [0.3, 0.4) is 0 Å². The molecule has 2 rings (SSSR count). The Bertz CT molecular complexity index is 893. The van der Waals surface area contributed by atoms with Crippen molar-refractivity contribution < 1.29 is 17.9 Å². The SMILES string of the molecule is CCCCn1c(CN(C)CCc2ccc(OC)c(OC)c2)cnc1S(=O)(=O)CC. The Morgan fingerprint density at radius 1 is 1.14 bits per heavy atom. The number of sulfone groups is 1. The van der Waals surface area contributed by atoms with Gasteiger partial charge < -0.3 is 18.9 Å². The Hall–Kier alpha value is -2.06. The number of unbranched alkanes of at least 4 members (excludes halogenated alkanes) is 1. The molecule has 0 amide bonds. The van der Waals surface area contributed by atoms with E-state index in [0.717, 1.165) is 42.8 Å². The summed E-state index contributed by atoms with van der Waals surface area (Å²) in [5.41, 5.74) is 2.09. The quantitative estimate of drug-likeness (QED) is 0.522. The van der Waals surface area contributed by atoms with Gasteiger partial charge in [0.2, 0.25) is 15.0 Å². The molecular weight excluding hydrogens is 390 g/mol. The third kappa shape index (κ3) is 5.96. The van der Waals surface area contributed by atoms with Crippen LogP contribution in [0.15, 0.2) is 29.6 Å². The minimum Gasteiger partial charge on any atom is -0.493 e.